The zero-order valence-electron chi connectivity index (χ0n) is 15.3. The van der Waals surface area contributed by atoms with Gasteiger partial charge in [0.25, 0.3) is 5.91 Å². The molecule has 1 atom stereocenters. The molecule has 2 aromatic carbocycles. The van der Waals surface area contributed by atoms with Crippen LogP contribution in [0.4, 0.5) is 4.39 Å². The number of likely N-dealkylation sites (tertiary alicyclic amines) is 1. The van der Waals surface area contributed by atoms with Gasteiger partial charge in [-0.05, 0) is 36.6 Å². The smallest absolute Gasteiger partial charge is 0.254 e. The van der Waals surface area contributed by atoms with E-state index < -0.39 is 0 Å². The number of aromatic nitrogens is 1. The largest absolute Gasteiger partial charge is 0.338 e. The number of halogens is 1. The van der Waals surface area contributed by atoms with E-state index in [1.54, 1.807) is 6.07 Å². The fourth-order valence-electron chi connectivity index (χ4n) is 3.67. The predicted octanol–water partition coefficient (Wildman–Crippen LogP) is 3.85. The standard InChI is InChI=1S/C22H22FN3O/c1-22(13-24)9-10-26(14-22)21(27)18-12-19(15-5-3-2-4-6-15)25-20-11-16(23)7-8-17(18)20/h2-8,11-12H,9-10,13-14,24H2,1H3. The number of hydrogen-bond donors (Lipinski definition) is 1. The van der Waals surface area contributed by atoms with Gasteiger partial charge < -0.3 is 10.6 Å². The topological polar surface area (TPSA) is 59.2 Å². The van der Waals surface area contributed by atoms with Crippen LogP contribution in [0.2, 0.25) is 0 Å². The highest BCUT2D eigenvalue weighted by Crippen LogP contribution is 2.32. The minimum absolute atomic E-state index is 0.0487. The molecule has 1 amide bonds. The number of carbonyl (C=O) groups is 1. The minimum Gasteiger partial charge on any atom is -0.338 e. The normalized spacial score (nSPS) is 19.6. The van der Waals surface area contributed by atoms with Crippen molar-refractivity contribution in [1.29, 1.82) is 0 Å². The Morgan fingerprint density at radius 1 is 1.22 bits per heavy atom. The fourth-order valence-corrected chi connectivity index (χ4v) is 3.67. The van der Waals surface area contributed by atoms with Gasteiger partial charge in [0.05, 0.1) is 16.8 Å². The monoisotopic (exact) mass is 363 g/mol. The van der Waals surface area contributed by atoms with Crippen LogP contribution in [0.1, 0.15) is 23.7 Å². The molecule has 0 aliphatic carbocycles. The van der Waals surface area contributed by atoms with Crippen LogP contribution in [-0.4, -0.2) is 35.4 Å². The number of hydrogen-bond acceptors (Lipinski definition) is 3. The highest BCUT2D eigenvalue weighted by Gasteiger charge is 2.35. The molecule has 1 aliphatic rings. The molecule has 1 unspecified atom stereocenters. The average molecular weight is 363 g/mol. The second kappa shape index (κ2) is 6.74. The first-order chi connectivity index (χ1) is 13.0. The van der Waals surface area contributed by atoms with E-state index >= 15 is 0 Å². The summed E-state index contributed by atoms with van der Waals surface area (Å²) in [6.45, 7) is 3.97. The first-order valence-electron chi connectivity index (χ1n) is 9.14. The molecule has 0 radical (unpaired) electrons. The molecule has 0 saturated carbocycles. The molecule has 138 valence electrons. The lowest BCUT2D eigenvalue weighted by Gasteiger charge is -2.23. The third kappa shape index (κ3) is 3.30. The summed E-state index contributed by atoms with van der Waals surface area (Å²) in [6.07, 6.45) is 0.887. The Morgan fingerprint density at radius 3 is 2.70 bits per heavy atom. The SMILES string of the molecule is CC1(CN)CCN(C(=O)c2cc(-c3ccccc3)nc3cc(F)ccc23)C1. The van der Waals surface area contributed by atoms with Crippen LogP contribution in [0.3, 0.4) is 0 Å². The third-order valence-electron chi connectivity index (χ3n) is 5.41. The first-order valence-corrected chi connectivity index (χ1v) is 9.14. The van der Waals surface area contributed by atoms with E-state index in [-0.39, 0.29) is 17.1 Å². The van der Waals surface area contributed by atoms with Gasteiger partial charge in [-0.2, -0.15) is 0 Å². The Hall–Kier alpha value is -2.79. The van der Waals surface area contributed by atoms with Crippen molar-refractivity contribution in [3.63, 3.8) is 0 Å². The van der Waals surface area contributed by atoms with Crippen molar-refractivity contribution in [2.24, 2.45) is 11.1 Å². The Labute approximate surface area is 157 Å². The summed E-state index contributed by atoms with van der Waals surface area (Å²) in [5, 5.41) is 0.669. The van der Waals surface area contributed by atoms with Gasteiger partial charge in [0.15, 0.2) is 0 Å². The maximum absolute atomic E-state index is 13.8. The molecule has 5 heteroatoms. The molecule has 2 N–H and O–H groups in total. The highest BCUT2D eigenvalue weighted by atomic mass is 19.1. The molecule has 27 heavy (non-hydrogen) atoms. The number of carbonyl (C=O) groups excluding carboxylic acids is 1. The number of nitrogens with two attached hydrogens (primary N) is 1. The van der Waals surface area contributed by atoms with Crippen LogP contribution in [0.5, 0.6) is 0 Å². The average Bonchev–Trinajstić information content (AvgIpc) is 3.10. The molecular weight excluding hydrogens is 341 g/mol. The van der Waals surface area contributed by atoms with E-state index in [0.717, 1.165) is 12.0 Å². The second-order valence-corrected chi connectivity index (χ2v) is 7.57. The number of pyridine rings is 1. The summed E-state index contributed by atoms with van der Waals surface area (Å²) >= 11 is 0. The molecule has 2 heterocycles. The van der Waals surface area contributed by atoms with Gasteiger partial charge in [0.2, 0.25) is 0 Å². The third-order valence-corrected chi connectivity index (χ3v) is 5.41. The Bertz CT molecular complexity index is 1010. The van der Waals surface area contributed by atoms with Crippen molar-refractivity contribution in [3.8, 4) is 11.3 Å². The van der Waals surface area contributed by atoms with Crippen LogP contribution in [0, 0.1) is 11.2 Å². The predicted molar refractivity (Wildman–Crippen MR) is 105 cm³/mol. The fraction of sp³-hybridized carbons (Fsp3) is 0.273. The minimum atomic E-state index is -0.365. The van der Waals surface area contributed by atoms with Crippen LogP contribution < -0.4 is 5.73 Å². The lowest BCUT2D eigenvalue weighted by molar-refractivity contribution is 0.0779. The van der Waals surface area contributed by atoms with Gasteiger partial charge in [-0.15, -0.1) is 0 Å². The summed E-state index contributed by atoms with van der Waals surface area (Å²) < 4.78 is 13.8. The van der Waals surface area contributed by atoms with Crippen LogP contribution in [-0.2, 0) is 0 Å². The number of benzene rings is 2. The van der Waals surface area contributed by atoms with Gasteiger partial charge >= 0.3 is 0 Å². The molecule has 4 nitrogen and oxygen atoms in total. The first kappa shape index (κ1) is 17.6. The maximum Gasteiger partial charge on any atom is 0.254 e. The van der Waals surface area contributed by atoms with Crippen molar-refractivity contribution in [2.75, 3.05) is 19.6 Å². The molecule has 3 aromatic rings. The lowest BCUT2D eigenvalue weighted by atomic mass is 9.90. The van der Waals surface area contributed by atoms with Crippen molar-refractivity contribution in [2.45, 2.75) is 13.3 Å². The number of fused-ring (bicyclic) bond motifs is 1. The summed E-state index contributed by atoms with van der Waals surface area (Å²) in [7, 11) is 0. The molecule has 0 bridgehead atoms. The van der Waals surface area contributed by atoms with E-state index in [0.29, 0.717) is 41.8 Å². The maximum atomic E-state index is 13.8. The number of rotatable bonds is 3. The van der Waals surface area contributed by atoms with Crippen molar-refractivity contribution in [1.82, 2.24) is 9.88 Å². The van der Waals surface area contributed by atoms with Crippen molar-refractivity contribution >= 4 is 16.8 Å². The molecule has 1 aromatic heterocycles. The van der Waals surface area contributed by atoms with Gasteiger partial charge in [0.1, 0.15) is 5.82 Å². The van der Waals surface area contributed by atoms with Gasteiger partial charge in [-0.1, -0.05) is 37.3 Å². The van der Waals surface area contributed by atoms with Gasteiger partial charge in [-0.25, -0.2) is 9.37 Å². The quantitative estimate of drug-likeness (QED) is 0.769. The number of nitrogens with zero attached hydrogens (tertiary/aromatic N) is 2. The van der Waals surface area contributed by atoms with Crippen molar-refractivity contribution < 1.29 is 9.18 Å². The van der Waals surface area contributed by atoms with Gasteiger partial charge in [0, 0.05) is 30.1 Å². The Kier molecular flexibility index (Phi) is 4.40. The van der Waals surface area contributed by atoms with Crippen LogP contribution in [0.25, 0.3) is 22.2 Å². The summed E-state index contributed by atoms with van der Waals surface area (Å²) in [4.78, 5) is 19.7. The van der Waals surface area contributed by atoms with E-state index in [2.05, 4.69) is 11.9 Å². The lowest BCUT2D eigenvalue weighted by Crippen LogP contribution is -2.34. The second-order valence-electron chi connectivity index (χ2n) is 7.57. The van der Waals surface area contributed by atoms with E-state index in [4.69, 9.17) is 5.73 Å². The Balaban J connectivity index is 1.82. The molecular formula is C22H22FN3O. The zero-order valence-corrected chi connectivity index (χ0v) is 15.3. The summed E-state index contributed by atoms with van der Waals surface area (Å²) in [5.74, 6) is -0.418. The molecule has 1 fully saturated rings. The summed E-state index contributed by atoms with van der Waals surface area (Å²) in [6, 6.07) is 15.8. The van der Waals surface area contributed by atoms with Crippen LogP contribution >= 0.6 is 0 Å². The highest BCUT2D eigenvalue weighted by molar-refractivity contribution is 6.07. The zero-order chi connectivity index (χ0) is 19.0. The van der Waals surface area contributed by atoms with E-state index in [1.807, 2.05) is 41.3 Å². The molecule has 1 aliphatic heterocycles. The molecule has 0 spiro atoms. The van der Waals surface area contributed by atoms with Crippen LogP contribution in [0.15, 0.2) is 54.6 Å². The molecule has 4 rings (SSSR count). The molecule has 1 saturated heterocycles. The number of amides is 1. The summed E-state index contributed by atoms with van der Waals surface area (Å²) in [5.41, 5.74) is 8.44. The Morgan fingerprint density at radius 2 is 2.00 bits per heavy atom. The van der Waals surface area contributed by atoms with E-state index in [1.165, 1.54) is 12.1 Å². The van der Waals surface area contributed by atoms with Crippen molar-refractivity contribution in [3.05, 3.63) is 66.0 Å². The van der Waals surface area contributed by atoms with E-state index in [9.17, 15) is 9.18 Å². The van der Waals surface area contributed by atoms with Gasteiger partial charge in [-0.3, -0.25) is 4.79 Å².